The van der Waals surface area contributed by atoms with E-state index < -0.39 is 15.6 Å². The maximum absolute atomic E-state index is 12.3. The molecule has 1 aromatic carbocycles. The highest BCUT2D eigenvalue weighted by Crippen LogP contribution is 2.31. The first-order valence-electron chi connectivity index (χ1n) is 6.34. The second-order valence-electron chi connectivity index (χ2n) is 5.43. The lowest BCUT2D eigenvalue weighted by Crippen LogP contribution is -2.50. The van der Waals surface area contributed by atoms with Crippen molar-refractivity contribution in [2.75, 3.05) is 18.5 Å². The number of rotatable bonds is 3. The molecule has 0 atom stereocenters. The number of amides is 1. The molecule has 8 heteroatoms. The molecule has 0 saturated heterocycles. The van der Waals surface area contributed by atoms with Crippen molar-refractivity contribution in [3.8, 4) is 0 Å². The molecule has 1 aliphatic heterocycles. The van der Waals surface area contributed by atoms with Gasteiger partial charge >= 0.3 is 0 Å². The van der Waals surface area contributed by atoms with Gasteiger partial charge in [0.2, 0.25) is 15.9 Å². The molecule has 21 heavy (non-hydrogen) atoms. The molecule has 0 radical (unpaired) electrons. The monoisotopic (exact) mass is 333 g/mol. The number of hydrogen-bond donors (Lipinski definition) is 2. The van der Waals surface area contributed by atoms with Crippen molar-refractivity contribution in [1.29, 1.82) is 0 Å². The number of anilines is 1. The maximum Gasteiger partial charge on any atom is 0.246 e. The Balaban J connectivity index is 0.00000220. The van der Waals surface area contributed by atoms with E-state index in [2.05, 4.69) is 4.72 Å². The Hall–Kier alpha value is -1.15. The van der Waals surface area contributed by atoms with Crippen molar-refractivity contribution in [3.63, 3.8) is 0 Å². The largest absolute Gasteiger partial charge is 0.318 e. The number of halogens is 1. The molecule has 1 heterocycles. The van der Waals surface area contributed by atoms with Crippen LogP contribution in [0.4, 0.5) is 5.69 Å². The first-order chi connectivity index (χ1) is 9.16. The second kappa shape index (κ2) is 5.92. The Bertz CT molecular complexity index is 653. The van der Waals surface area contributed by atoms with Gasteiger partial charge in [-0.15, -0.1) is 12.4 Å². The van der Waals surface area contributed by atoms with E-state index in [1.54, 1.807) is 30.9 Å². The summed E-state index contributed by atoms with van der Waals surface area (Å²) >= 11 is 0. The molecule has 0 unspecified atom stereocenters. The Kier molecular flexibility index (Phi) is 5.05. The maximum atomic E-state index is 12.3. The number of nitrogens with zero attached hydrogens (tertiary/aromatic N) is 1. The van der Waals surface area contributed by atoms with Gasteiger partial charge in [0.25, 0.3) is 0 Å². The fourth-order valence-corrected chi connectivity index (χ4v) is 2.95. The van der Waals surface area contributed by atoms with Crippen LogP contribution in [0.15, 0.2) is 23.1 Å². The topological polar surface area (TPSA) is 92.5 Å². The van der Waals surface area contributed by atoms with E-state index in [4.69, 9.17) is 5.73 Å². The lowest BCUT2D eigenvalue weighted by atomic mass is 10.1. The van der Waals surface area contributed by atoms with E-state index in [-0.39, 0.29) is 23.2 Å². The molecule has 118 valence electrons. The standard InChI is InChI=1S/C13H19N3O3S.ClH/c1-13(2,14)12(17)16-7-6-9-4-5-10(8-11(9)16)20(18,19)15-3;/h4-5,8,15H,6-7,14H2,1-3H3;1H. The smallest absolute Gasteiger partial charge is 0.246 e. The number of nitrogens with one attached hydrogen (secondary N) is 1. The van der Waals surface area contributed by atoms with E-state index >= 15 is 0 Å². The molecule has 1 aromatic rings. The van der Waals surface area contributed by atoms with Crippen LogP contribution < -0.4 is 15.4 Å². The van der Waals surface area contributed by atoms with Crippen LogP contribution in [0.25, 0.3) is 0 Å². The van der Waals surface area contributed by atoms with E-state index in [0.717, 1.165) is 5.56 Å². The molecule has 1 aliphatic rings. The van der Waals surface area contributed by atoms with Crippen molar-refractivity contribution >= 4 is 34.0 Å². The van der Waals surface area contributed by atoms with Gasteiger partial charge in [0.1, 0.15) is 0 Å². The van der Waals surface area contributed by atoms with Gasteiger partial charge in [-0.05, 0) is 45.0 Å². The highest BCUT2D eigenvalue weighted by molar-refractivity contribution is 7.89. The van der Waals surface area contributed by atoms with Gasteiger partial charge in [-0.25, -0.2) is 13.1 Å². The zero-order chi connectivity index (χ0) is 15.1. The fourth-order valence-electron chi connectivity index (χ4n) is 2.20. The van der Waals surface area contributed by atoms with Crippen LogP contribution in [-0.4, -0.2) is 33.5 Å². The lowest BCUT2D eigenvalue weighted by molar-refractivity contribution is -0.122. The second-order valence-corrected chi connectivity index (χ2v) is 7.31. The zero-order valence-corrected chi connectivity index (χ0v) is 13.8. The van der Waals surface area contributed by atoms with Crippen molar-refractivity contribution in [1.82, 2.24) is 4.72 Å². The van der Waals surface area contributed by atoms with Gasteiger partial charge in [0.15, 0.2) is 0 Å². The highest BCUT2D eigenvalue weighted by Gasteiger charge is 2.33. The molecule has 6 nitrogen and oxygen atoms in total. The normalized spacial score (nSPS) is 14.6. The Morgan fingerprint density at radius 2 is 2.00 bits per heavy atom. The van der Waals surface area contributed by atoms with E-state index in [0.29, 0.717) is 18.7 Å². The van der Waals surface area contributed by atoms with Crippen LogP contribution in [0.2, 0.25) is 0 Å². The number of carbonyl (C=O) groups excluding carboxylic acids is 1. The summed E-state index contributed by atoms with van der Waals surface area (Å²) in [5.41, 5.74) is 6.44. The quantitative estimate of drug-likeness (QED) is 0.849. The molecular formula is C13H20ClN3O3S. The van der Waals surface area contributed by atoms with Gasteiger partial charge in [0, 0.05) is 12.2 Å². The molecule has 3 N–H and O–H groups in total. The Morgan fingerprint density at radius 1 is 1.38 bits per heavy atom. The van der Waals surface area contributed by atoms with Crippen molar-refractivity contribution < 1.29 is 13.2 Å². The van der Waals surface area contributed by atoms with Crippen molar-refractivity contribution in [2.24, 2.45) is 5.73 Å². The number of nitrogens with two attached hydrogens (primary N) is 1. The summed E-state index contributed by atoms with van der Waals surface area (Å²) in [5.74, 6) is -0.213. The number of sulfonamides is 1. The van der Waals surface area contributed by atoms with Gasteiger partial charge in [-0.3, -0.25) is 4.79 Å². The average Bonchev–Trinajstić information content (AvgIpc) is 2.79. The first kappa shape index (κ1) is 17.9. The minimum absolute atomic E-state index is 0. The molecule has 0 fully saturated rings. The summed E-state index contributed by atoms with van der Waals surface area (Å²) in [4.78, 5) is 14.0. The third-order valence-electron chi connectivity index (χ3n) is 3.33. The Morgan fingerprint density at radius 3 is 2.52 bits per heavy atom. The third-order valence-corrected chi connectivity index (χ3v) is 4.74. The molecule has 2 rings (SSSR count). The van der Waals surface area contributed by atoms with E-state index in [1.807, 2.05) is 0 Å². The minimum atomic E-state index is -3.52. The summed E-state index contributed by atoms with van der Waals surface area (Å²) < 4.78 is 25.9. The summed E-state index contributed by atoms with van der Waals surface area (Å²) in [5, 5.41) is 0. The molecule has 1 amide bonds. The molecule has 0 aromatic heterocycles. The Labute approximate surface area is 131 Å². The van der Waals surface area contributed by atoms with Gasteiger partial charge in [-0.2, -0.15) is 0 Å². The van der Waals surface area contributed by atoms with Crippen molar-refractivity contribution in [2.45, 2.75) is 30.7 Å². The zero-order valence-electron chi connectivity index (χ0n) is 12.2. The van der Waals surface area contributed by atoms with Crippen LogP contribution in [0.5, 0.6) is 0 Å². The van der Waals surface area contributed by atoms with Gasteiger partial charge < -0.3 is 10.6 Å². The molecule has 0 spiro atoms. The van der Waals surface area contributed by atoms with Crippen LogP contribution >= 0.6 is 12.4 Å². The van der Waals surface area contributed by atoms with Crippen molar-refractivity contribution in [3.05, 3.63) is 23.8 Å². The summed E-state index contributed by atoms with van der Waals surface area (Å²) in [6.45, 7) is 3.81. The molecule has 0 bridgehead atoms. The van der Waals surface area contributed by atoms with Gasteiger partial charge in [-0.1, -0.05) is 6.07 Å². The third kappa shape index (κ3) is 3.37. The summed E-state index contributed by atoms with van der Waals surface area (Å²) in [6.07, 6.45) is 0.705. The highest BCUT2D eigenvalue weighted by atomic mass is 35.5. The number of fused-ring (bicyclic) bond motifs is 1. The SMILES string of the molecule is CNS(=O)(=O)c1ccc2c(c1)N(C(=O)C(C)(C)N)CC2.Cl. The fraction of sp³-hybridized carbons (Fsp3) is 0.462. The van der Waals surface area contributed by atoms with Crippen LogP contribution in [0.3, 0.4) is 0 Å². The molecular weight excluding hydrogens is 314 g/mol. The van der Waals surface area contributed by atoms with Crippen LogP contribution in [0.1, 0.15) is 19.4 Å². The predicted octanol–water partition coefficient (Wildman–Crippen LogP) is 0.643. The van der Waals surface area contributed by atoms with E-state index in [9.17, 15) is 13.2 Å². The van der Waals surface area contributed by atoms with Crippen LogP contribution in [0, 0.1) is 0 Å². The first-order valence-corrected chi connectivity index (χ1v) is 7.82. The average molecular weight is 334 g/mol. The number of carbonyl (C=O) groups is 1. The summed E-state index contributed by atoms with van der Waals surface area (Å²) in [6, 6.07) is 4.82. The number of hydrogen-bond acceptors (Lipinski definition) is 4. The predicted molar refractivity (Wildman–Crippen MR) is 84.3 cm³/mol. The number of benzene rings is 1. The molecule has 0 aliphatic carbocycles. The van der Waals surface area contributed by atoms with Crippen LogP contribution in [-0.2, 0) is 21.2 Å². The van der Waals surface area contributed by atoms with E-state index in [1.165, 1.54) is 13.1 Å². The molecule has 0 saturated carbocycles. The van der Waals surface area contributed by atoms with Gasteiger partial charge in [0.05, 0.1) is 10.4 Å². The minimum Gasteiger partial charge on any atom is -0.318 e. The lowest BCUT2D eigenvalue weighted by Gasteiger charge is -2.26. The summed E-state index contributed by atoms with van der Waals surface area (Å²) in [7, 11) is -2.17.